The summed E-state index contributed by atoms with van der Waals surface area (Å²) in [6, 6.07) is 86.4. The van der Waals surface area contributed by atoms with Crippen LogP contribution in [0.1, 0.15) is 33.7 Å². The first-order chi connectivity index (χ1) is 36.4. The maximum Gasteiger partial charge on any atom is 0.0991 e. The van der Waals surface area contributed by atoms with E-state index >= 15 is 0 Å². The van der Waals surface area contributed by atoms with Gasteiger partial charge in [0, 0.05) is 40.0 Å². The standard InChI is InChI=1S/C69H56N4Si2/c1-74(2,3)55-36-31-52(32-37-55)72(49-25-19-46(44-70)20-26-49)51-29-23-48(24-30-51)57-40-35-54(73(50-27-21-47(45-71)22-28-50)53-33-38-56(39-34-53)75(4,5)6)41-67(57)69-63-18-12-11-17-62(63)66-42-64-60-15-9-7-13-58(60)59-14-8-10-16-61(59)65(64)43-68(66)69/h7-43,69H,1-6H3. The quantitative estimate of drug-likeness (QED) is 0.101. The molecule has 0 fully saturated rings. The predicted molar refractivity (Wildman–Crippen MR) is 322 cm³/mol. The van der Waals surface area contributed by atoms with E-state index in [1.165, 1.54) is 70.5 Å². The van der Waals surface area contributed by atoms with Crippen molar-refractivity contribution in [2.75, 3.05) is 9.80 Å². The molecule has 75 heavy (non-hydrogen) atoms. The Labute approximate surface area is 442 Å². The van der Waals surface area contributed by atoms with Crippen molar-refractivity contribution < 1.29 is 0 Å². The van der Waals surface area contributed by atoms with Crippen molar-refractivity contribution in [3.05, 3.63) is 252 Å². The summed E-state index contributed by atoms with van der Waals surface area (Å²) in [7, 11) is -3.12. The van der Waals surface area contributed by atoms with Gasteiger partial charge in [0.15, 0.2) is 0 Å². The SMILES string of the molecule is C[Si](C)(C)c1ccc(N(c2ccc(C#N)cc2)c2ccc(-c3ccc(N(c4ccc(C#N)cc4)c4ccc([Si](C)(C)C)cc4)cc3C3c4ccccc4-c4cc5c6ccccc6c6ccccc6c5cc43)cc2)cc1. The molecule has 11 aromatic carbocycles. The van der Waals surface area contributed by atoms with Crippen molar-refractivity contribution in [1.82, 2.24) is 0 Å². The zero-order valence-electron chi connectivity index (χ0n) is 43.2. The third-order valence-corrected chi connectivity index (χ3v) is 19.5. The van der Waals surface area contributed by atoms with E-state index in [1.54, 1.807) is 0 Å². The van der Waals surface area contributed by atoms with E-state index in [4.69, 9.17) is 0 Å². The summed E-state index contributed by atoms with van der Waals surface area (Å²) >= 11 is 0. The first-order valence-electron chi connectivity index (χ1n) is 25.9. The molecule has 1 aliphatic rings. The van der Waals surface area contributed by atoms with Crippen LogP contribution in [0.3, 0.4) is 0 Å². The second kappa shape index (κ2) is 18.6. The molecule has 0 saturated carbocycles. The van der Waals surface area contributed by atoms with E-state index in [9.17, 15) is 10.5 Å². The van der Waals surface area contributed by atoms with Gasteiger partial charge in [-0.25, -0.2) is 0 Å². The van der Waals surface area contributed by atoms with Crippen LogP contribution in [0, 0.1) is 22.7 Å². The summed E-state index contributed by atoms with van der Waals surface area (Å²) in [5.41, 5.74) is 16.0. The highest BCUT2D eigenvalue weighted by atomic mass is 28.3. The van der Waals surface area contributed by atoms with E-state index in [-0.39, 0.29) is 5.92 Å². The lowest BCUT2D eigenvalue weighted by Gasteiger charge is -2.29. The molecule has 0 aromatic heterocycles. The third kappa shape index (κ3) is 8.49. The Hall–Kier alpha value is -8.79. The van der Waals surface area contributed by atoms with Crippen molar-refractivity contribution in [2.45, 2.75) is 45.2 Å². The minimum atomic E-state index is -1.58. The van der Waals surface area contributed by atoms with E-state index < -0.39 is 16.1 Å². The van der Waals surface area contributed by atoms with Crippen LogP contribution in [-0.4, -0.2) is 16.1 Å². The molecule has 0 amide bonds. The van der Waals surface area contributed by atoms with Crippen LogP contribution in [0.2, 0.25) is 39.3 Å². The molecular weight excluding hydrogens is 941 g/mol. The molecule has 360 valence electrons. The molecule has 12 rings (SSSR count). The van der Waals surface area contributed by atoms with Crippen LogP contribution in [0.25, 0.3) is 54.6 Å². The zero-order chi connectivity index (χ0) is 51.6. The fourth-order valence-electron chi connectivity index (χ4n) is 11.4. The number of nitrogens with zero attached hydrogens (tertiary/aromatic N) is 4. The molecule has 0 aliphatic heterocycles. The summed E-state index contributed by atoms with van der Waals surface area (Å²) < 4.78 is 0. The molecule has 1 atom stereocenters. The summed E-state index contributed by atoms with van der Waals surface area (Å²) in [5, 5.41) is 30.0. The highest BCUT2D eigenvalue weighted by molar-refractivity contribution is 6.89. The monoisotopic (exact) mass is 996 g/mol. The molecule has 0 radical (unpaired) electrons. The Balaban J connectivity index is 1.08. The Morgan fingerprint density at radius 1 is 0.320 bits per heavy atom. The molecule has 0 spiro atoms. The van der Waals surface area contributed by atoms with Gasteiger partial charge >= 0.3 is 0 Å². The number of anilines is 6. The molecule has 0 bridgehead atoms. The number of hydrogen-bond donors (Lipinski definition) is 0. The smallest absolute Gasteiger partial charge is 0.0991 e. The lowest BCUT2D eigenvalue weighted by atomic mass is 9.82. The van der Waals surface area contributed by atoms with Gasteiger partial charge in [0.25, 0.3) is 0 Å². The topological polar surface area (TPSA) is 54.1 Å². The maximum atomic E-state index is 9.89. The highest BCUT2D eigenvalue weighted by Crippen LogP contribution is 2.54. The summed E-state index contributed by atoms with van der Waals surface area (Å²) in [4.78, 5) is 4.63. The van der Waals surface area contributed by atoms with Gasteiger partial charge in [-0.2, -0.15) is 10.5 Å². The van der Waals surface area contributed by atoms with Crippen LogP contribution < -0.4 is 20.2 Å². The van der Waals surface area contributed by atoms with Gasteiger partial charge in [-0.05, 0) is 180 Å². The highest BCUT2D eigenvalue weighted by Gasteiger charge is 2.34. The first-order valence-corrected chi connectivity index (χ1v) is 32.9. The van der Waals surface area contributed by atoms with Gasteiger partial charge in [-0.1, -0.05) is 165 Å². The van der Waals surface area contributed by atoms with Crippen molar-refractivity contribution >= 4 is 93.0 Å². The fraction of sp³-hybridized carbons (Fsp3) is 0.101. The lowest BCUT2D eigenvalue weighted by molar-refractivity contribution is 1.02. The second-order valence-corrected chi connectivity index (χ2v) is 32.2. The molecule has 1 aliphatic carbocycles. The number of hydrogen-bond acceptors (Lipinski definition) is 4. The van der Waals surface area contributed by atoms with Crippen LogP contribution in [0.5, 0.6) is 0 Å². The summed E-state index contributed by atoms with van der Waals surface area (Å²) in [6.07, 6.45) is 0. The van der Waals surface area contributed by atoms with Gasteiger partial charge in [-0.15, -0.1) is 0 Å². The average molecular weight is 997 g/mol. The van der Waals surface area contributed by atoms with Crippen LogP contribution >= 0.6 is 0 Å². The van der Waals surface area contributed by atoms with Crippen molar-refractivity contribution in [1.29, 1.82) is 10.5 Å². The van der Waals surface area contributed by atoms with E-state index in [1.807, 2.05) is 36.4 Å². The number of benzene rings is 11. The second-order valence-electron chi connectivity index (χ2n) is 22.0. The average Bonchev–Trinajstić information content (AvgIpc) is 3.76. The lowest BCUT2D eigenvalue weighted by Crippen LogP contribution is -2.37. The minimum absolute atomic E-state index is 0.0995. The molecule has 0 heterocycles. The fourth-order valence-corrected chi connectivity index (χ4v) is 13.7. The van der Waals surface area contributed by atoms with Crippen LogP contribution in [-0.2, 0) is 0 Å². The largest absolute Gasteiger partial charge is 0.311 e. The Morgan fingerprint density at radius 3 is 1.16 bits per heavy atom. The van der Waals surface area contributed by atoms with E-state index in [0.29, 0.717) is 11.1 Å². The zero-order valence-corrected chi connectivity index (χ0v) is 45.2. The summed E-state index contributed by atoms with van der Waals surface area (Å²) in [5.74, 6) is -0.0995. The molecular formula is C69H56N4Si2. The first kappa shape index (κ1) is 47.2. The molecule has 4 nitrogen and oxygen atoms in total. The third-order valence-electron chi connectivity index (χ3n) is 15.3. The van der Waals surface area contributed by atoms with Crippen molar-refractivity contribution in [2.24, 2.45) is 0 Å². The Morgan fingerprint density at radius 2 is 0.693 bits per heavy atom. The normalized spacial score (nSPS) is 13.0. The minimum Gasteiger partial charge on any atom is -0.311 e. The molecule has 11 aromatic rings. The van der Waals surface area contributed by atoms with Gasteiger partial charge in [0.1, 0.15) is 0 Å². The van der Waals surface area contributed by atoms with Gasteiger partial charge < -0.3 is 9.80 Å². The van der Waals surface area contributed by atoms with Gasteiger partial charge in [0.05, 0.1) is 39.4 Å². The maximum absolute atomic E-state index is 9.89. The number of nitriles is 2. The van der Waals surface area contributed by atoms with Gasteiger partial charge in [0.2, 0.25) is 0 Å². The van der Waals surface area contributed by atoms with Crippen LogP contribution in [0.4, 0.5) is 34.1 Å². The van der Waals surface area contributed by atoms with Gasteiger partial charge in [-0.3, -0.25) is 0 Å². The Kier molecular flexibility index (Phi) is 11.7. The van der Waals surface area contributed by atoms with Crippen LogP contribution in [0.15, 0.2) is 224 Å². The van der Waals surface area contributed by atoms with E-state index in [0.717, 1.165) is 45.3 Å². The summed E-state index contributed by atoms with van der Waals surface area (Å²) in [6.45, 7) is 14.3. The van der Waals surface area contributed by atoms with Crippen molar-refractivity contribution in [3.8, 4) is 34.4 Å². The molecule has 0 saturated heterocycles. The van der Waals surface area contributed by atoms with Crippen molar-refractivity contribution in [3.63, 3.8) is 0 Å². The molecule has 6 heteroatoms. The van der Waals surface area contributed by atoms with E-state index in [2.05, 4.69) is 249 Å². The number of rotatable bonds is 10. The Bertz CT molecular complexity index is 4080. The molecule has 1 unspecified atom stereocenters. The molecule has 0 N–H and O–H groups in total. The number of fused-ring (bicyclic) bond motifs is 9. The predicted octanol–water partition coefficient (Wildman–Crippen LogP) is 17.7.